The van der Waals surface area contributed by atoms with Gasteiger partial charge in [-0.25, -0.2) is 0 Å². The van der Waals surface area contributed by atoms with E-state index in [-0.39, 0.29) is 6.10 Å². The van der Waals surface area contributed by atoms with E-state index in [0.717, 1.165) is 24.0 Å². The lowest BCUT2D eigenvalue weighted by Crippen LogP contribution is -2.38. The Balaban J connectivity index is 2.06. The van der Waals surface area contributed by atoms with Gasteiger partial charge in [-0.2, -0.15) is 5.26 Å². The van der Waals surface area contributed by atoms with E-state index in [1.54, 1.807) is 12.1 Å². The first-order valence-corrected chi connectivity index (χ1v) is 7.44. The third-order valence-corrected chi connectivity index (χ3v) is 4.05. The molecule has 1 heterocycles. The minimum atomic E-state index is -1.32. The van der Waals surface area contributed by atoms with Crippen LogP contribution in [0.25, 0.3) is 0 Å². The molecule has 0 aliphatic carbocycles. The monoisotopic (exact) mass is 300 g/mol. The highest BCUT2D eigenvalue weighted by molar-refractivity contribution is 6.12. The normalized spacial score (nSPS) is 18.5. The number of ketones is 1. The molecule has 5 nitrogen and oxygen atoms in total. The molecule has 0 aromatic heterocycles. The quantitative estimate of drug-likeness (QED) is 0.665. The number of hydrogen-bond acceptors (Lipinski definition) is 4. The van der Waals surface area contributed by atoms with Gasteiger partial charge in [0.15, 0.2) is 11.7 Å². The van der Waals surface area contributed by atoms with E-state index in [1.807, 2.05) is 26.0 Å². The van der Waals surface area contributed by atoms with Gasteiger partial charge in [0.2, 0.25) is 5.91 Å². The summed E-state index contributed by atoms with van der Waals surface area (Å²) in [6, 6.07) is 7.13. The smallest absolute Gasteiger partial charge is 0.245 e. The number of nitriles is 1. The van der Waals surface area contributed by atoms with Crippen LogP contribution in [0, 0.1) is 31.1 Å². The predicted molar refractivity (Wildman–Crippen MR) is 81.3 cm³/mol. The maximum Gasteiger partial charge on any atom is 0.245 e. The lowest BCUT2D eigenvalue weighted by atomic mass is 9.92. The van der Waals surface area contributed by atoms with Crippen LogP contribution in [0.3, 0.4) is 0 Å². The summed E-state index contributed by atoms with van der Waals surface area (Å²) in [5, 5.41) is 11.9. The Morgan fingerprint density at radius 3 is 2.86 bits per heavy atom. The van der Waals surface area contributed by atoms with Crippen LogP contribution < -0.4 is 5.32 Å². The van der Waals surface area contributed by atoms with Crippen LogP contribution in [0.5, 0.6) is 0 Å². The van der Waals surface area contributed by atoms with Crippen molar-refractivity contribution in [2.24, 2.45) is 5.92 Å². The number of aryl methyl sites for hydroxylation is 1. The fourth-order valence-electron chi connectivity index (χ4n) is 2.53. The third-order valence-electron chi connectivity index (χ3n) is 4.05. The standard InChI is InChI=1S/C17H20N2O3/c1-11-5-3-7-14(12(11)2)16(20)15(9-18)17(21)19-10-13-6-4-8-22-13/h3,5,7,13,15H,4,6,8,10H2,1-2H3,(H,19,21)/t13-,15+/m1/s1. The molecule has 22 heavy (non-hydrogen) atoms. The van der Waals surface area contributed by atoms with Gasteiger partial charge in [0.1, 0.15) is 0 Å². The molecule has 1 N–H and O–H groups in total. The van der Waals surface area contributed by atoms with Crippen molar-refractivity contribution in [2.75, 3.05) is 13.2 Å². The summed E-state index contributed by atoms with van der Waals surface area (Å²) in [6.07, 6.45) is 1.85. The molecule has 1 aromatic rings. The van der Waals surface area contributed by atoms with Crippen LogP contribution in [0.1, 0.15) is 34.3 Å². The van der Waals surface area contributed by atoms with Gasteiger partial charge in [-0.05, 0) is 37.8 Å². The molecule has 1 fully saturated rings. The lowest BCUT2D eigenvalue weighted by Gasteiger charge is -2.14. The average Bonchev–Trinajstić information content (AvgIpc) is 3.02. The number of Topliss-reactive ketones (excluding diaryl/α,β-unsaturated/α-hetero) is 1. The Bertz CT molecular complexity index is 613. The first-order chi connectivity index (χ1) is 10.5. The maximum atomic E-state index is 12.5. The first kappa shape index (κ1) is 16.2. The van der Waals surface area contributed by atoms with Crippen LogP contribution in [0.2, 0.25) is 0 Å². The zero-order chi connectivity index (χ0) is 16.1. The largest absolute Gasteiger partial charge is 0.376 e. The molecule has 0 unspecified atom stereocenters. The summed E-state index contributed by atoms with van der Waals surface area (Å²) in [5.41, 5.74) is 2.20. The first-order valence-electron chi connectivity index (χ1n) is 7.44. The summed E-state index contributed by atoms with van der Waals surface area (Å²) in [6.45, 7) is 4.76. The number of carbonyl (C=O) groups excluding carboxylic acids is 2. The van der Waals surface area contributed by atoms with Crippen LogP contribution in [0.4, 0.5) is 0 Å². The molecule has 5 heteroatoms. The van der Waals surface area contributed by atoms with Gasteiger partial charge in [-0.1, -0.05) is 18.2 Å². The summed E-state index contributed by atoms with van der Waals surface area (Å²) in [5.74, 6) is -2.32. The topological polar surface area (TPSA) is 79.2 Å². The second kappa shape index (κ2) is 7.19. The van der Waals surface area contributed by atoms with Gasteiger partial charge in [0.05, 0.1) is 12.2 Å². The number of rotatable bonds is 5. The molecule has 1 aromatic carbocycles. The van der Waals surface area contributed by atoms with Gasteiger partial charge in [0, 0.05) is 18.7 Å². The Morgan fingerprint density at radius 2 is 2.23 bits per heavy atom. The summed E-state index contributed by atoms with van der Waals surface area (Å²) in [7, 11) is 0. The summed E-state index contributed by atoms with van der Waals surface area (Å²) >= 11 is 0. The van der Waals surface area contributed by atoms with E-state index in [0.29, 0.717) is 18.7 Å². The van der Waals surface area contributed by atoms with E-state index in [4.69, 9.17) is 4.74 Å². The van der Waals surface area contributed by atoms with Crippen LogP contribution in [-0.2, 0) is 9.53 Å². The number of nitrogens with zero attached hydrogens (tertiary/aromatic N) is 1. The highest BCUT2D eigenvalue weighted by Crippen LogP contribution is 2.17. The maximum absolute atomic E-state index is 12.5. The molecule has 0 saturated carbocycles. The molecule has 1 aliphatic heterocycles. The zero-order valence-electron chi connectivity index (χ0n) is 12.9. The highest BCUT2D eigenvalue weighted by Gasteiger charge is 2.29. The van der Waals surface area contributed by atoms with Crippen molar-refractivity contribution < 1.29 is 14.3 Å². The van der Waals surface area contributed by atoms with Crippen LogP contribution in [0.15, 0.2) is 18.2 Å². The Morgan fingerprint density at radius 1 is 1.45 bits per heavy atom. The summed E-state index contributed by atoms with van der Waals surface area (Å²) in [4.78, 5) is 24.6. The molecule has 1 saturated heterocycles. The number of carbonyl (C=O) groups is 2. The highest BCUT2D eigenvalue weighted by atomic mass is 16.5. The number of ether oxygens (including phenoxy) is 1. The fraction of sp³-hybridized carbons (Fsp3) is 0.471. The molecule has 116 valence electrons. The van der Waals surface area contributed by atoms with Crippen molar-refractivity contribution in [2.45, 2.75) is 32.8 Å². The molecule has 1 amide bonds. The molecule has 0 radical (unpaired) electrons. The molecular formula is C17H20N2O3. The van der Waals surface area contributed by atoms with Crippen molar-refractivity contribution in [1.82, 2.24) is 5.32 Å². The minimum Gasteiger partial charge on any atom is -0.376 e. The minimum absolute atomic E-state index is 0.0147. The molecule has 1 aliphatic rings. The van der Waals surface area contributed by atoms with Gasteiger partial charge < -0.3 is 10.1 Å². The van der Waals surface area contributed by atoms with E-state index in [9.17, 15) is 14.9 Å². The fourth-order valence-corrected chi connectivity index (χ4v) is 2.53. The summed E-state index contributed by atoms with van der Waals surface area (Å²) < 4.78 is 5.41. The second-order valence-corrected chi connectivity index (χ2v) is 5.55. The molecule has 2 rings (SSSR count). The Kier molecular flexibility index (Phi) is 5.29. The van der Waals surface area contributed by atoms with Gasteiger partial charge in [-0.3, -0.25) is 9.59 Å². The van der Waals surface area contributed by atoms with Crippen molar-refractivity contribution in [3.8, 4) is 6.07 Å². The van der Waals surface area contributed by atoms with Gasteiger partial charge >= 0.3 is 0 Å². The van der Waals surface area contributed by atoms with E-state index < -0.39 is 17.6 Å². The Labute approximate surface area is 130 Å². The Hall–Kier alpha value is -2.19. The molecule has 0 bridgehead atoms. The van der Waals surface area contributed by atoms with Crippen molar-refractivity contribution in [1.29, 1.82) is 5.26 Å². The molecule has 0 spiro atoms. The van der Waals surface area contributed by atoms with Gasteiger partial charge in [0.25, 0.3) is 0 Å². The number of hydrogen-bond donors (Lipinski definition) is 1. The lowest BCUT2D eigenvalue weighted by molar-refractivity contribution is -0.122. The predicted octanol–water partition coefficient (Wildman–Crippen LogP) is 1.92. The zero-order valence-corrected chi connectivity index (χ0v) is 12.9. The van der Waals surface area contributed by atoms with Crippen molar-refractivity contribution >= 4 is 11.7 Å². The second-order valence-electron chi connectivity index (χ2n) is 5.55. The van der Waals surface area contributed by atoms with Crippen LogP contribution >= 0.6 is 0 Å². The van der Waals surface area contributed by atoms with Crippen molar-refractivity contribution in [3.63, 3.8) is 0 Å². The molecule has 2 atom stereocenters. The SMILES string of the molecule is Cc1cccc(C(=O)[C@H](C#N)C(=O)NC[C@H]2CCCO2)c1C. The van der Waals surface area contributed by atoms with Gasteiger partial charge in [-0.15, -0.1) is 0 Å². The van der Waals surface area contributed by atoms with E-state index in [2.05, 4.69) is 5.32 Å². The average molecular weight is 300 g/mol. The van der Waals surface area contributed by atoms with E-state index in [1.165, 1.54) is 0 Å². The number of nitrogens with one attached hydrogen (secondary N) is 1. The van der Waals surface area contributed by atoms with Crippen LogP contribution in [-0.4, -0.2) is 30.9 Å². The van der Waals surface area contributed by atoms with E-state index >= 15 is 0 Å². The van der Waals surface area contributed by atoms with Crippen molar-refractivity contribution in [3.05, 3.63) is 34.9 Å². The molecular weight excluding hydrogens is 280 g/mol. The third kappa shape index (κ3) is 3.52. The number of amides is 1. The number of benzene rings is 1.